The van der Waals surface area contributed by atoms with Crippen molar-refractivity contribution in [3.63, 3.8) is 0 Å². The van der Waals surface area contributed by atoms with Gasteiger partial charge in [-0.25, -0.2) is 4.79 Å². The van der Waals surface area contributed by atoms with E-state index in [4.69, 9.17) is 22.4 Å². The van der Waals surface area contributed by atoms with Crippen molar-refractivity contribution < 1.29 is 14.7 Å². The van der Waals surface area contributed by atoms with Crippen LogP contribution in [0.25, 0.3) is 0 Å². The van der Waals surface area contributed by atoms with E-state index in [0.29, 0.717) is 5.69 Å². The highest BCUT2D eigenvalue weighted by Gasteiger charge is 2.18. The Morgan fingerprint density at radius 1 is 1.39 bits per heavy atom. The van der Waals surface area contributed by atoms with Gasteiger partial charge in [0.2, 0.25) is 5.91 Å². The van der Waals surface area contributed by atoms with Crippen molar-refractivity contribution in [1.82, 2.24) is 0 Å². The van der Waals surface area contributed by atoms with Gasteiger partial charge in [0.1, 0.15) is 0 Å². The van der Waals surface area contributed by atoms with Crippen LogP contribution in [0.3, 0.4) is 0 Å². The number of aromatic carboxylic acids is 1. The van der Waals surface area contributed by atoms with E-state index in [2.05, 4.69) is 5.32 Å². The molecular weight excluding hydrogens is 256 g/mol. The second-order valence-electron chi connectivity index (χ2n) is 4.26. The highest BCUT2D eigenvalue weighted by Crippen LogP contribution is 2.20. The van der Waals surface area contributed by atoms with Crippen molar-refractivity contribution in [2.45, 2.75) is 19.9 Å². The first-order valence-electron chi connectivity index (χ1n) is 5.42. The van der Waals surface area contributed by atoms with Gasteiger partial charge in [0.15, 0.2) is 0 Å². The molecule has 1 rings (SSSR count). The third kappa shape index (κ3) is 3.45. The molecule has 0 heterocycles. The molecule has 0 saturated heterocycles. The smallest absolute Gasteiger partial charge is 0.337 e. The summed E-state index contributed by atoms with van der Waals surface area (Å²) in [6, 6.07) is 3.60. The van der Waals surface area contributed by atoms with E-state index in [1.807, 2.05) is 13.8 Å². The summed E-state index contributed by atoms with van der Waals surface area (Å²) in [5.41, 5.74) is 5.98. The Balaban J connectivity index is 2.89. The number of carboxylic acids is 1. The number of nitrogens with one attached hydrogen (secondary N) is 1. The van der Waals surface area contributed by atoms with Gasteiger partial charge < -0.3 is 16.2 Å². The van der Waals surface area contributed by atoms with Gasteiger partial charge in [-0.15, -0.1) is 0 Å². The number of carbonyl (C=O) groups excluding carboxylic acids is 1. The summed E-state index contributed by atoms with van der Waals surface area (Å²) in [4.78, 5) is 22.6. The van der Waals surface area contributed by atoms with Crippen LogP contribution >= 0.6 is 11.6 Å². The lowest BCUT2D eigenvalue weighted by Crippen LogP contribution is -2.39. The number of halogens is 1. The van der Waals surface area contributed by atoms with E-state index in [-0.39, 0.29) is 22.4 Å². The maximum Gasteiger partial charge on any atom is 0.337 e. The van der Waals surface area contributed by atoms with Crippen molar-refractivity contribution in [2.75, 3.05) is 5.32 Å². The van der Waals surface area contributed by atoms with Gasteiger partial charge >= 0.3 is 5.97 Å². The molecule has 1 amide bonds. The topological polar surface area (TPSA) is 92.4 Å². The Kier molecular flexibility index (Phi) is 4.69. The SMILES string of the molecule is CC(C)[C@H](N)C(=O)Nc1ccc(Cl)c(C(=O)O)c1. The molecule has 4 N–H and O–H groups in total. The zero-order valence-corrected chi connectivity index (χ0v) is 10.9. The average molecular weight is 271 g/mol. The molecule has 18 heavy (non-hydrogen) atoms. The molecule has 0 bridgehead atoms. The van der Waals surface area contributed by atoms with Crippen LogP contribution in [-0.2, 0) is 4.79 Å². The van der Waals surface area contributed by atoms with Crippen LogP contribution < -0.4 is 11.1 Å². The molecule has 5 nitrogen and oxygen atoms in total. The third-order valence-electron chi connectivity index (χ3n) is 2.49. The largest absolute Gasteiger partial charge is 0.478 e. The number of rotatable bonds is 4. The van der Waals surface area contributed by atoms with Gasteiger partial charge in [-0.2, -0.15) is 0 Å². The van der Waals surface area contributed by atoms with Crippen LogP contribution in [-0.4, -0.2) is 23.0 Å². The molecule has 98 valence electrons. The quantitative estimate of drug-likeness (QED) is 0.780. The van der Waals surface area contributed by atoms with E-state index >= 15 is 0 Å². The standard InChI is InChI=1S/C12H15ClN2O3/c1-6(2)10(14)11(16)15-7-3-4-9(13)8(5-7)12(17)18/h3-6,10H,14H2,1-2H3,(H,15,16)(H,17,18)/t10-/m0/s1. The van der Waals surface area contributed by atoms with E-state index in [1.165, 1.54) is 18.2 Å². The lowest BCUT2D eigenvalue weighted by atomic mass is 10.0. The Hall–Kier alpha value is -1.59. The van der Waals surface area contributed by atoms with E-state index < -0.39 is 12.0 Å². The number of hydrogen-bond donors (Lipinski definition) is 3. The Morgan fingerprint density at radius 3 is 2.50 bits per heavy atom. The van der Waals surface area contributed by atoms with Crippen molar-refractivity contribution in [3.8, 4) is 0 Å². The summed E-state index contributed by atoms with van der Waals surface area (Å²) >= 11 is 5.72. The first-order valence-corrected chi connectivity index (χ1v) is 5.80. The van der Waals surface area contributed by atoms with Gasteiger partial charge in [-0.3, -0.25) is 4.79 Å². The van der Waals surface area contributed by atoms with Crippen molar-refractivity contribution in [3.05, 3.63) is 28.8 Å². The van der Waals surface area contributed by atoms with Gasteiger partial charge in [-0.05, 0) is 24.1 Å². The lowest BCUT2D eigenvalue weighted by Gasteiger charge is -2.15. The first kappa shape index (κ1) is 14.5. The van der Waals surface area contributed by atoms with Gasteiger partial charge in [-0.1, -0.05) is 25.4 Å². The number of anilines is 1. The average Bonchev–Trinajstić information content (AvgIpc) is 2.29. The molecule has 0 spiro atoms. The first-order chi connectivity index (χ1) is 8.32. The summed E-state index contributed by atoms with van der Waals surface area (Å²) < 4.78 is 0. The number of carboxylic acid groups (broad SMARTS) is 1. The molecule has 1 atom stereocenters. The van der Waals surface area contributed by atoms with Crippen LogP contribution in [0.5, 0.6) is 0 Å². The molecule has 0 aliphatic carbocycles. The Labute approximate surface area is 110 Å². The minimum atomic E-state index is -1.15. The predicted molar refractivity (Wildman–Crippen MR) is 69.9 cm³/mol. The second-order valence-corrected chi connectivity index (χ2v) is 4.67. The fraction of sp³-hybridized carbons (Fsp3) is 0.333. The molecule has 0 aromatic heterocycles. The molecule has 0 unspecified atom stereocenters. The molecule has 0 saturated carbocycles. The van der Waals surface area contributed by atoms with E-state index in [0.717, 1.165) is 0 Å². The number of carbonyl (C=O) groups is 2. The number of hydrogen-bond acceptors (Lipinski definition) is 3. The minimum absolute atomic E-state index is 0.00348. The summed E-state index contributed by atoms with van der Waals surface area (Å²) in [6.45, 7) is 3.66. The van der Waals surface area contributed by atoms with Crippen LogP contribution in [0.4, 0.5) is 5.69 Å². The van der Waals surface area contributed by atoms with E-state index in [9.17, 15) is 9.59 Å². The fourth-order valence-electron chi connectivity index (χ4n) is 1.30. The fourth-order valence-corrected chi connectivity index (χ4v) is 1.49. The van der Waals surface area contributed by atoms with Crippen molar-refractivity contribution >= 4 is 29.2 Å². The van der Waals surface area contributed by atoms with Gasteiger partial charge in [0.05, 0.1) is 16.6 Å². The van der Waals surface area contributed by atoms with Gasteiger partial charge in [0.25, 0.3) is 0 Å². The lowest BCUT2D eigenvalue weighted by molar-refractivity contribution is -0.118. The van der Waals surface area contributed by atoms with Crippen LogP contribution in [0.15, 0.2) is 18.2 Å². The van der Waals surface area contributed by atoms with Gasteiger partial charge in [0, 0.05) is 5.69 Å². The minimum Gasteiger partial charge on any atom is -0.478 e. The zero-order valence-electron chi connectivity index (χ0n) is 10.1. The number of nitrogens with two attached hydrogens (primary N) is 1. The third-order valence-corrected chi connectivity index (χ3v) is 2.81. The molecule has 1 aromatic rings. The summed E-state index contributed by atoms with van der Waals surface area (Å²) in [5, 5.41) is 11.6. The Bertz CT molecular complexity index is 474. The van der Waals surface area contributed by atoms with Crippen molar-refractivity contribution in [1.29, 1.82) is 0 Å². The summed E-state index contributed by atoms with van der Waals surface area (Å²) in [7, 11) is 0. The number of amides is 1. The monoisotopic (exact) mass is 270 g/mol. The molecule has 0 aliphatic heterocycles. The number of benzene rings is 1. The van der Waals surface area contributed by atoms with Crippen LogP contribution in [0.2, 0.25) is 5.02 Å². The maximum absolute atomic E-state index is 11.7. The molecule has 0 aliphatic rings. The summed E-state index contributed by atoms with van der Waals surface area (Å²) in [5.74, 6) is -1.51. The summed E-state index contributed by atoms with van der Waals surface area (Å²) in [6.07, 6.45) is 0. The van der Waals surface area contributed by atoms with Crippen LogP contribution in [0.1, 0.15) is 24.2 Å². The molecule has 0 fully saturated rings. The molecular formula is C12H15ClN2O3. The zero-order chi connectivity index (χ0) is 13.9. The van der Waals surface area contributed by atoms with E-state index in [1.54, 1.807) is 0 Å². The normalized spacial score (nSPS) is 12.3. The molecule has 6 heteroatoms. The predicted octanol–water partition coefficient (Wildman–Crippen LogP) is 1.96. The van der Waals surface area contributed by atoms with Crippen molar-refractivity contribution in [2.24, 2.45) is 11.7 Å². The van der Waals surface area contributed by atoms with Crippen LogP contribution in [0, 0.1) is 5.92 Å². The Morgan fingerprint density at radius 2 is 2.00 bits per heavy atom. The molecule has 1 aromatic carbocycles. The highest BCUT2D eigenvalue weighted by atomic mass is 35.5. The maximum atomic E-state index is 11.7. The molecule has 0 radical (unpaired) electrons. The second kappa shape index (κ2) is 5.84. The highest BCUT2D eigenvalue weighted by molar-refractivity contribution is 6.33.